The van der Waals surface area contributed by atoms with Crippen molar-refractivity contribution in [2.45, 2.75) is 38.1 Å². The van der Waals surface area contributed by atoms with E-state index in [2.05, 4.69) is 0 Å². The fourth-order valence-corrected chi connectivity index (χ4v) is 2.53. The van der Waals surface area contributed by atoms with Gasteiger partial charge in [0.25, 0.3) is 5.91 Å². The second kappa shape index (κ2) is 5.29. The number of hydrogen-bond donors (Lipinski definition) is 2. The summed E-state index contributed by atoms with van der Waals surface area (Å²) in [6.45, 7) is 0. The molecule has 1 aliphatic rings. The molecule has 0 saturated heterocycles. The Balaban J connectivity index is 2.17. The lowest BCUT2D eigenvalue weighted by molar-refractivity contribution is 0.0692. The number of aromatic hydroxyl groups is 2. The Bertz CT molecular complexity index is 439. The van der Waals surface area contributed by atoms with Gasteiger partial charge in [0, 0.05) is 13.1 Å². The average molecular weight is 249 g/mol. The molecule has 18 heavy (non-hydrogen) atoms. The zero-order valence-corrected chi connectivity index (χ0v) is 10.6. The van der Waals surface area contributed by atoms with Crippen LogP contribution in [0, 0.1) is 0 Å². The van der Waals surface area contributed by atoms with E-state index >= 15 is 0 Å². The van der Waals surface area contributed by atoms with Crippen molar-refractivity contribution >= 4 is 5.91 Å². The smallest absolute Gasteiger partial charge is 0.257 e. The van der Waals surface area contributed by atoms with Crippen molar-refractivity contribution in [3.8, 4) is 11.5 Å². The first kappa shape index (κ1) is 12.7. The van der Waals surface area contributed by atoms with E-state index in [-0.39, 0.29) is 29.0 Å². The zero-order chi connectivity index (χ0) is 13.1. The Morgan fingerprint density at radius 3 is 2.56 bits per heavy atom. The second-order valence-electron chi connectivity index (χ2n) is 4.88. The Hall–Kier alpha value is -1.71. The molecule has 0 bridgehead atoms. The molecule has 4 heteroatoms. The summed E-state index contributed by atoms with van der Waals surface area (Å²) >= 11 is 0. The molecule has 98 valence electrons. The van der Waals surface area contributed by atoms with Gasteiger partial charge < -0.3 is 15.1 Å². The van der Waals surface area contributed by atoms with Crippen LogP contribution in [0.25, 0.3) is 0 Å². The van der Waals surface area contributed by atoms with Crippen LogP contribution < -0.4 is 0 Å². The number of para-hydroxylation sites is 1. The first-order valence-electron chi connectivity index (χ1n) is 6.39. The number of amides is 1. The van der Waals surface area contributed by atoms with E-state index in [0.29, 0.717) is 0 Å². The lowest BCUT2D eigenvalue weighted by atomic mass is 9.94. The third-order valence-corrected chi connectivity index (χ3v) is 3.69. The second-order valence-corrected chi connectivity index (χ2v) is 4.88. The summed E-state index contributed by atoms with van der Waals surface area (Å²) in [7, 11) is 1.77. The van der Waals surface area contributed by atoms with Gasteiger partial charge in [-0.1, -0.05) is 25.3 Å². The van der Waals surface area contributed by atoms with Gasteiger partial charge in [0.2, 0.25) is 0 Å². The molecule has 1 aromatic carbocycles. The minimum Gasteiger partial charge on any atom is -0.504 e. The SMILES string of the molecule is CN(C(=O)c1cccc(O)c1O)C1CCCCC1. The topological polar surface area (TPSA) is 60.8 Å². The number of benzene rings is 1. The van der Waals surface area contributed by atoms with Gasteiger partial charge in [-0.25, -0.2) is 0 Å². The molecule has 1 aromatic rings. The van der Waals surface area contributed by atoms with E-state index < -0.39 is 0 Å². The van der Waals surface area contributed by atoms with E-state index in [1.807, 2.05) is 0 Å². The Labute approximate surface area is 107 Å². The van der Waals surface area contributed by atoms with Crippen molar-refractivity contribution < 1.29 is 15.0 Å². The van der Waals surface area contributed by atoms with E-state index in [1.54, 1.807) is 18.0 Å². The summed E-state index contributed by atoms with van der Waals surface area (Å²) in [4.78, 5) is 14.0. The highest BCUT2D eigenvalue weighted by molar-refractivity contribution is 5.97. The van der Waals surface area contributed by atoms with Crippen molar-refractivity contribution in [1.29, 1.82) is 0 Å². The number of carbonyl (C=O) groups is 1. The molecular formula is C14H19NO3. The summed E-state index contributed by atoms with van der Waals surface area (Å²) in [6.07, 6.45) is 5.56. The lowest BCUT2D eigenvalue weighted by Crippen LogP contribution is -2.38. The van der Waals surface area contributed by atoms with Gasteiger partial charge in [-0.05, 0) is 25.0 Å². The van der Waals surface area contributed by atoms with Crippen LogP contribution in [0.2, 0.25) is 0 Å². The molecule has 0 aliphatic heterocycles. The van der Waals surface area contributed by atoms with E-state index in [9.17, 15) is 15.0 Å². The maximum absolute atomic E-state index is 12.3. The molecule has 2 rings (SSSR count). The van der Waals surface area contributed by atoms with Gasteiger partial charge in [-0.15, -0.1) is 0 Å². The monoisotopic (exact) mass is 249 g/mol. The van der Waals surface area contributed by atoms with Crippen LogP contribution in [0.15, 0.2) is 18.2 Å². The van der Waals surface area contributed by atoms with Crippen molar-refractivity contribution in [2.75, 3.05) is 7.05 Å². The van der Waals surface area contributed by atoms with Crippen LogP contribution in [0.3, 0.4) is 0 Å². The molecule has 1 amide bonds. The standard InChI is InChI=1S/C14H19NO3/c1-15(10-6-3-2-4-7-10)14(18)11-8-5-9-12(16)13(11)17/h5,8-10,16-17H,2-4,6-7H2,1H3. The molecule has 0 atom stereocenters. The number of phenolic OH excluding ortho intramolecular Hbond substituents is 2. The highest BCUT2D eigenvalue weighted by Crippen LogP contribution is 2.30. The first-order valence-corrected chi connectivity index (χ1v) is 6.39. The van der Waals surface area contributed by atoms with E-state index in [4.69, 9.17) is 0 Å². The summed E-state index contributed by atoms with van der Waals surface area (Å²) in [5.74, 6) is -0.807. The molecule has 0 heterocycles. The molecule has 0 radical (unpaired) electrons. The maximum atomic E-state index is 12.3. The summed E-state index contributed by atoms with van der Waals surface area (Å²) in [5.41, 5.74) is 0.170. The Morgan fingerprint density at radius 2 is 1.89 bits per heavy atom. The van der Waals surface area contributed by atoms with Gasteiger partial charge in [-0.2, -0.15) is 0 Å². The lowest BCUT2D eigenvalue weighted by Gasteiger charge is -2.31. The molecule has 1 saturated carbocycles. The number of rotatable bonds is 2. The number of nitrogens with zero attached hydrogens (tertiary/aromatic N) is 1. The minimum atomic E-state index is -0.329. The third kappa shape index (κ3) is 2.42. The van der Waals surface area contributed by atoms with Gasteiger partial charge in [0.05, 0.1) is 5.56 Å². The highest BCUT2D eigenvalue weighted by Gasteiger charge is 2.25. The quantitative estimate of drug-likeness (QED) is 0.792. The van der Waals surface area contributed by atoms with Crippen molar-refractivity contribution in [3.05, 3.63) is 23.8 Å². The summed E-state index contributed by atoms with van der Waals surface area (Å²) < 4.78 is 0. The van der Waals surface area contributed by atoms with Crippen LogP contribution in [0.1, 0.15) is 42.5 Å². The van der Waals surface area contributed by atoms with E-state index in [1.165, 1.54) is 18.6 Å². The molecule has 2 N–H and O–H groups in total. The van der Waals surface area contributed by atoms with E-state index in [0.717, 1.165) is 25.7 Å². The Kier molecular flexibility index (Phi) is 3.75. The van der Waals surface area contributed by atoms with Crippen LogP contribution in [-0.2, 0) is 0 Å². The first-order chi connectivity index (χ1) is 8.61. The average Bonchev–Trinajstić information content (AvgIpc) is 2.41. The number of carbonyl (C=O) groups excluding carboxylic acids is 1. The van der Waals surface area contributed by atoms with Crippen molar-refractivity contribution in [1.82, 2.24) is 4.90 Å². The minimum absolute atomic E-state index is 0.170. The zero-order valence-electron chi connectivity index (χ0n) is 10.6. The highest BCUT2D eigenvalue weighted by atomic mass is 16.3. The molecule has 1 aliphatic carbocycles. The van der Waals surface area contributed by atoms with Gasteiger partial charge in [-0.3, -0.25) is 4.79 Å². The summed E-state index contributed by atoms with van der Waals surface area (Å²) in [5, 5.41) is 19.1. The normalized spacial score (nSPS) is 16.5. The molecule has 0 unspecified atom stereocenters. The number of hydrogen-bond acceptors (Lipinski definition) is 3. The van der Waals surface area contributed by atoms with Gasteiger partial charge in [0.1, 0.15) is 0 Å². The van der Waals surface area contributed by atoms with Crippen LogP contribution in [-0.4, -0.2) is 34.1 Å². The van der Waals surface area contributed by atoms with Crippen molar-refractivity contribution in [2.24, 2.45) is 0 Å². The molecule has 0 spiro atoms. The predicted molar refractivity (Wildman–Crippen MR) is 68.7 cm³/mol. The fraction of sp³-hybridized carbons (Fsp3) is 0.500. The Morgan fingerprint density at radius 1 is 1.22 bits per heavy atom. The fourth-order valence-electron chi connectivity index (χ4n) is 2.53. The van der Waals surface area contributed by atoms with Crippen LogP contribution >= 0.6 is 0 Å². The van der Waals surface area contributed by atoms with Gasteiger partial charge in [0.15, 0.2) is 11.5 Å². The van der Waals surface area contributed by atoms with Crippen molar-refractivity contribution in [3.63, 3.8) is 0 Å². The predicted octanol–water partition coefficient (Wildman–Crippen LogP) is 2.50. The maximum Gasteiger partial charge on any atom is 0.257 e. The molecule has 4 nitrogen and oxygen atoms in total. The largest absolute Gasteiger partial charge is 0.504 e. The molecular weight excluding hydrogens is 230 g/mol. The van der Waals surface area contributed by atoms with Gasteiger partial charge >= 0.3 is 0 Å². The molecule has 0 aromatic heterocycles. The van der Waals surface area contributed by atoms with Crippen LogP contribution in [0.4, 0.5) is 0 Å². The summed E-state index contributed by atoms with van der Waals surface area (Å²) in [6, 6.07) is 4.72. The molecule has 1 fully saturated rings. The third-order valence-electron chi connectivity index (χ3n) is 3.69. The van der Waals surface area contributed by atoms with Crippen LogP contribution in [0.5, 0.6) is 11.5 Å². The number of phenols is 2.